The third-order valence-electron chi connectivity index (χ3n) is 4.55. The van der Waals surface area contributed by atoms with Crippen LogP contribution in [0.1, 0.15) is 6.92 Å². The third kappa shape index (κ3) is 4.04. The van der Waals surface area contributed by atoms with Crippen LogP contribution in [0.15, 0.2) is 54.7 Å². The number of anilines is 2. The summed E-state index contributed by atoms with van der Waals surface area (Å²) in [6, 6.07) is 13.4. The second-order valence-electron chi connectivity index (χ2n) is 6.65. The Balaban J connectivity index is 1.74. The maximum Gasteiger partial charge on any atom is 0.221 e. The lowest BCUT2D eigenvalue weighted by molar-refractivity contribution is -0.114. The smallest absolute Gasteiger partial charge is 0.221 e. The molecular formula is C21H18FN7O2. The molecule has 156 valence electrons. The number of hydrogen-bond donors (Lipinski definition) is 2. The number of nitrogens with one attached hydrogen (secondary N) is 1. The number of carbonyl (C=O) groups excluding carboxylic acids is 1. The molecule has 0 aliphatic rings. The van der Waals surface area contributed by atoms with Crippen molar-refractivity contribution in [2.45, 2.75) is 6.92 Å². The summed E-state index contributed by atoms with van der Waals surface area (Å²) >= 11 is 0. The second-order valence-corrected chi connectivity index (χ2v) is 6.65. The van der Waals surface area contributed by atoms with Crippen molar-refractivity contribution in [3.8, 4) is 34.0 Å². The lowest BCUT2D eigenvalue weighted by atomic mass is 10.0. The molecule has 3 N–H and O–H groups in total. The van der Waals surface area contributed by atoms with Crippen molar-refractivity contribution < 1.29 is 13.9 Å². The van der Waals surface area contributed by atoms with E-state index in [1.807, 2.05) is 18.2 Å². The van der Waals surface area contributed by atoms with Crippen molar-refractivity contribution in [1.82, 2.24) is 25.2 Å². The Hall–Kier alpha value is -4.34. The van der Waals surface area contributed by atoms with E-state index in [4.69, 9.17) is 10.5 Å². The van der Waals surface area contributed by atoms with E-state index in [9.17, 15) is 9.18 Å². The fraction of sp³-hybridized carbons (Fsp3) is 0.0952. The number of hydrogen-bond acceptors (Lipinski definition) is 7. The molecule has 0 unspecified atom stereocenters. The molecule has 0 aliphatic heterocycles. The fourth-order valence-electron chi connectivity index (χ4n) is 3.07. The van der Waals surface area contributed by atoms with Gasteiger partial charge >= 0.3 is 0 Å². The van der Waals surface area contributed by atoms with Crippen LogP contribution in [0.25, 0.3) is 28.2 Å². The van der Waals surface area contributed by atoms with Gasteiger partial charge in [0, 0.05) is 30.4 Å². The molecule has 0 aliphatic carbocycles. The molecule has 0 saturated heterocycles. The van der Waals surface area contributed by atoms with Crippen molar-refractivity contribution in [1.29, 1.82) is 0 Å². The van der Waals surface area contributed by atoms with Crippen molar-refractivity contribution in [3.05, 3.63) is 60.5 Å². The summed E-state index contributed by atoms with van der Waals surface area (Å²) in [6.45, 7) is 1.45. The molecule has 0 bridgehead atoms. The molecule has 9 nitrogen and oxygen atoms in total. The van der Waals surface area contributed by atoms with Gasteiger partial charge < -0.3 is 15.8 Å². The standard InChI is InChI=1S/C21H18FN7O2/c1-12(30)25-15-5-3-13(4-6-15)14-9-17(20(23)24-11-14)21-26-27-28-29(21)16-7-8-18(22)19(10-16)31-2/h3-11H,1-2H3,(H2,23,24)(H,25,30). The van der Waals surface area contributed by atoms with Gasteiger partial charge in [-0.25, -0.2) is 9.37 Å². The predicted molar refractivity (Wildman–Crippen MR) is 113 cm³/mol. The van der Waals surface area contributed by atoms with Crippen molar-refractivity contribution in [2.75, 3.05) is 18.2 Å². The molecule has 31 heavy (non-hydrogen) atoms. The Bertz CT molecular complexity index is 1260. The SMILES string of the molecule is COc1cc(-n2nnnc2-c2cc(-c3ccc(NC(C)=O)cc3)cnc2N)ccc1F. The fourth-order valence-corrected chi connectivity index (χ4v) is 3.07. The number of benzene rings is 2. The molecule has 0 radical (unpaired) electrons. The normalized spacial score (nSPS) is 10.7. The highest BCUT2D eigenvalue weighted by atomic mass is 19.1. The van der Waals surface area contributed by atoms with Gasteiger partial charge in [-0.1, -0.05) is 12.1 Å². The summed E-state index contributed by atoms with van der Waals surface area (Å²) in [6.07, 6.45) is 1.64. The molecule has 1 amide bonds. The van der Waals surface area contributed by atoms with Crippen LogP contribution in [-0.2, 0) is 4.79 Å². The first kappa shape index (κ1) is 20.0. The van der Waals surface area contributed by atoms with Crippen LogP contribution in [0.5, 0.6) is 5.75 Å². The summed E-state index contributed by atoms with van der Waals surface area (Å²) in [5.74, 6) is 0.0115. The zero-order valence-electron chi connectivity index (χ0n) is 16.7. The van der Waals surface area contributed by atoms with E-state index in [1.165, 1.54) is 36.9 Å². The monoisotopic (exact) mass is 419 g/mol. The van der Waals surface area contributed by atoms with Gasteiger partial charge in [-0.05, 0) is 46.3 Å². The quantitative estimate of drug-likeness (QED) is 0.510. The summed E-state index contributed by atoms with van der Waals surface area (Å²) in [4.78, 5) is 15.5. The second kappa shape index (κ2) is 8.19. The van der Waals surface area contributed by atoms with Gasteiger partial charge in [-0.2, -0.15) is 4.68 Å². The molecule has 4 aromatic rings. The molecule has 10 heteroatoms. The Kier molecular flexibility index (Phi) is 5.27. The lowest BCUT2D eigenvalue weighted by Crippen LogP contribution is -2.05. The Morgan fingerprint density at radius 2 is 1.90 bits per heavy atom. The summed E-state index contributed by atoms with van der Waals surface area (Å²) in [5.41, 5.74) is 9.46. The number of nitrogen functional groups attached to an aromatic ring is 1. The first-order valence-electron chi connectivity index (χ1n) is 9.22. The van der Waals surface area contributed by atoms with Crippen molar-refractivity contribution in [3.63, 3.8) is 0 Å². The summed E-state index contributed by atoms with van der Waals surface area (Å²) in [7, 11) is 1.38. The first-order chi connectivity index (χ1) is 15.0. The number of methoxy groups -OCH3 is 1. The maximum atomic E-state index is 13.8. The molecule has 0 atom stereocenters. The van der Waals surface area contributed by atoms with E-state index in [0.29, 0.717) is 22.8 Å². The van der Waals surface area contributed by atoms with Crippen LogP contribution in [0.3, 0.4) is 0 Å². The third-order valence-corrected chi connectivity index (χ3v) is 4.55. The molecule has 0 fully saturated rings. The highest BCUT2D eigenvalue weighted by Gasteiger charge is 2.17. The minimum atomic E-state index is -0.494. The van der Waals surface area contributed by atoms with Crippen molar-refractivity contribution in [2.24, 2.45) is 0 Å². The van der Waals surface area contributed by atoms with E-state index in [-0.39, 0.29) is 17.5 Å². The average molecular weight is 419 g/mol. The minimum Gasteiger partial charge on any atom is -0.494 e. The van der Waals surface area contributed by atoms with E-state index in [2.05, 4.69) is 25.8 Å². The average Bonchev–Trinajstić information content (AvgIpc) is 3.24. The highest BCUT2D eigenvalue weighted by molar-refractivity contribution is 5.89. The summed E-state index contributed by atoms with van der Waals surface area (Å²) < 4.78 is 20.3. The molecule has 4 rings (SSSR count). The van der Waals surface area contributed by atoms with Gasteiger partial charge in [0.05, 0.1) is 18.4 Å². The lowest BCUT2D eigenvalue weighted by Gasteiger charge is -2.10. The number of nitrogens with zero attached hydrogens (tertiary/aromatic N) is 5. The first-order valence-corrected chi connectivity index (χ1v) is 9.22. The number of nitrogens with two attached hydrogens (primary N) is 1. The Morgan fingerprint density at radius 1 is 1.13 bits per heavy atom. The minimum absolute atomic E-state index is 0.0676. The van der Waals surface area contributed by atoms with Crippen LogP contribution in [0, 0.1) is 5.82 Å². The van der Waals surface area contributed by atoms with E-state index >= 15 is 0 Å². The molecular weight excluding hydrogens is 401 g/mol. The zero-order chi connectivity index (χ0) is 22.0. The number of rotatable bonds is 5. The maximum absolute atomic E-state index is 13.8. The molecule has 0 saturated carbocycles. The zero-order valence-corrected chi connectivity index (χ0v) is 16.7. The number of tetrazole rings is 1. The van der Waals surface area contributed by atoms with Gasteiger partial charge in [0.25, 0.3) is 0 Å². The predicted octanol–water partition coefficient (Wildman–Crippen LogP) is 3.08. The van der Waals surface area contributed by atoms with Crippen LogP contribution in [0.4, 0.5) is 15.9 Å². The number of amides is 1. The van der Waals surface area contributed by atoms with E-state index < -0.39 is 5.82 Å². The van der Waals surface area contributed by atoms with Crippen LogP contribution in [0.2, 0.25) is 0 Å². The van der Waals surface area contributed by atoms with Crippen LogP contribution >= 0.6 is 0 Å². The number of pyridine rings is 1. The van der Waals surface area contributed by atoms with E-state index in [1.54, 1.807) is 18.3 Å². The van der Waals surface area contributed by atoms with Gasteiger partial charge in [-0.15, -0.1) is 5.10 Å². The number of ether oxygens (including phenoxy) is 1. The number of aromatic nitrogens is 5. The molecule has 0 spiro atoms. The largest absolute Gasteiger partial charge is 0.494 e. The Labute approximate surface area is 176 Å². The van der Waals surface area contributed by atoms with Gasteiger partial charge in [0.1, 0.15) is 5.82 Å². The molecule has 2 aromatic carbocycles. The molecule has 2 heterocycles. The van der Waals surface area contributed by atoms with Crippen molar-refractivity contribution >= 4 is 17.4 Å². The summed E-state index contributed by atoms with van der Waals surface area (Å²) in [5, 5.41) is 14.6. The van der Waals surface area contributed by atoms with Crippen LogP contribution in [-0.4, -0.2) is 38.2 Å². The van der Waals surface area contributed by atoms with Gasteiger partial charge in [-0.3, -0.25) is 4.79 Å². The topological polar surface area (TPSA) is 121 Å². The van der Waals surface area contributed by atoms with E-state index in [0.717, 1.165) is 11.1 Å². The van der Waals surface area contributed by atoms with Gasteiger partial charge in [0.2, 0.25) is 5.91 Å². The highest BCUT2D eigenvalue weighted by Crippen LogP contribution is 2.30. The molecule has 2 aromatic heterocycles. The number of carbonyl (C=O) groups is 1. The Morgan fingerprint density at radius 3 is 2.61 bits per heavy atom. The van der Waals surface area contributed by atoms with Crippen LogP contribution < -0.4 is 15.8 Å². The van der Waals surface area contributed by atoms with Gasteiger partial charge in [0.15, 0.2) is 17.4 Å². The number of halogens is 1.